The van der Waals surface area contributed by atoms with E-state index in [0.29, 0.717) is 41.8 Å². The Morgan fingerprint density at radius 1 is 1.14 bits per heavy atom. The lowest BCUT2D eigenvalue weighted by molar-refractivity contribution is -0.384. The van der Waals surface area contributed by atoms with Crippen LogP contribution in [0.15, 0.2) is 49.1 Å². The van der Waals surface area contributed by atoms with Crippen LogP contribution < -0.4 is 19.9 Å². The number of nitro benzene ring substituents is 1. The molecule has 0 amide bonds. The average Bonchev–Trinajstić information content (AvgIpc) is 3.51. The van der Waals surface area contributed by atoms with E-state index in [1.54, 1.807) is 10.7 Å². The van der Waals surface area contributed by atoms with Crippen LogP contribution in [0.25, 0.3) is 11.3 Å². The molecule has 13 nitrogen and oxygen atoms in total. The van der Waals surface area contributed by atoms with Gasteiger partial charge in [-0.25, -0.2) is 15.0 Å². The molecule has 0 unspecified atom stereocenters. The zero-order chi connectivity index (χ0) is 30.2. The number of rotatable bonds is 10. The molecule has 1 aromatic carbocycles. The lowest BCUT2D eigenvalue weighted by atomic mass is 9.91. The first kappa shape index (κ1) is 28.7. The molecule has 3 aromatic heterocycles. The van der Waals surface area contributed by atoms with Crippen molar-refractivity contribution < 1.29 is 9.66 Å². The van der Waals surface area contributed by atoms with Gasteiger partial charge in [0.15, 0.2) is 0 Å². The van der Waals surface area contributed by atoms with Gasteiger partial charge < -0.3 is 24.8 Å². The van der Waals surface area contributed by atoms with Crippen LogP contribution in [-0.4, -0.2) is 82.4 Å². The van der Waals surface area contributed by atoms with Crippen molar-refractivity contribution >= 4 is 34.4 Å². The Balaban J connectivity index is 1.45. The van der Waals surface area contributed by atoms with E-state index in [1.165, 1.54) is 19.5 Å². The summed E-state index contributed by atoms with van der Waals surface area (Å²) in [5.41, 5.74) is 4.42. The Labute approximate surface area is 244 Å². The smallest absolute Gasteiger partial charge is 0.294 e. The van der Waals surface area contributed by atoms with E-state index in [-0.39, 0.29) is 16.0 Å². The fraction of sp³-hybridized carbons (Fsp3) is 0.379. The Bertz CT molecular complexity index is 1620. The molecular weight excluding hydrogens is 536 g/mol. The number of benzene rings is 1. The highest BCUT2D eigenvalue weighted by Gasteiger charge is 2.38. The van der Waals surface area contributed by atoms with E-state index in [1.807, 2.05) is 62.5 Å². The van der Waals surface area contributed by atoms with Crippen molar-refractivity contribution in [1.82, 2.24) is 29.6 Å². The number of nitro groups is 1. The SMILES string of the molecule is COc1cc(N(C)CCN(C)C)c([N+](=O)[O-])cc1Nc1cc(N2CC(C)(C)c3nc(-c4cnn(C)c4)ccc32)ncn1. The molecule has 0 fully saturated rings. The molecule has 1 N–H and O–H groups in total. The number of fused-ring (bicyclic) bond motifs is 1. The van der Waals surface area contributed by atoms with Crippen LogP contribution >= 0.6 is 0 Å². The predicted octanol–water partition coefficient (Wildman–Crippen LogP) is 4.36. The molecule has 5 rings (SSSR count). The van der Waals surface area contributed by atoms with Crippen molar-refractivity contribution in [2.75, 3.05) is 63.0 Å². The third-order valence-corrected chi connectivity index (χ3v) is 7.34. The summed E-state index contributed by atoms with van der Waals surface area (Å²) in [6.07, 6.45) is 5.23. The number of likely N-dealkylation sites (N-methyl/N-ethyl adjacent to an activating group) is 2. The van der Waals surface area contributed by atoms with Gasteiger partial charge in [0.2, 0.25) is 0 Å². The van der Waals surface area contributed by atoms with Crippen LogP contribution in [0.3, 0.4) is 0 Å². The molecule has 0 saturated carbocycles. The first-order chi connectivity index (χ1) is 20.0. The fourth-order valence-electron chi connectivity index (χ4n) is 5.09. The quantitative estimate of drug-likeness (QED) is 0.215. The van der Waals surface area contributed by atoms with Crippen molar-refractivity contribution in [3.05, 3.63) is 64.9 Å². The number of hydrogen-bond acceptors (Lipinski definition) is 11. The first-order valence-electron chi connectivity index (χ1n) is 13.6. The number of pyridine rings is 1. The fourth-order valence-corrected chi connectivity index (χ4v) is 5.09. The summed E-state index contributed by atoms with van der Waals surface area (Å²) in [6.45, 7) is 6.35. The second-order valence-electron chi connectivity index (χ2n) is 11.3. The maximum absolute atomic E-state index is 12.0. The van der Waals surface area contributed by atoms with Crippen LogP contribution in [0, 0.1) is 10.1 Å². The summed E-state index contributed by atoms with van der Waals surface area (Å²) in [5, 5.41) is 19.5. The van der Waals surface area contributed by atoms with Crippen molar-refractivity contribution in [1.29, 1.82) is 0 Å². The average molecular weight is 573 g/mol. The maximum atomic E-state index is 12.0. The number of nitrogens with one attached hydrogen (secondary N) is 1. The maximum Gasteiger partial charge on any atom is 0.294 e. The molecule has 4 aromatic rings. The Hall–Kier alpha value is -4.78. The number of ether oxygens (including phenoxy) is 1. The van der Waals surface area contributed by atoms with Crippen molar-refractivity contribution in [3.63, 3.8) is 0 Å². The number of anilines is 5. The van der Waals surface area contributed by atoms with Gasteiger partial charge in [-0.1, -0.05) is 13.8 Å². The number of nitrogens with zero attached hydrogens (tertiary/aromatic N) is 9. The third kappa shape index (κ3) is 5.68. The van der Waals surface area contributed by atoms with E-state index in [4.69, 9.17) is 9.72 Å². The van der Waals surface area contributed by atoms with Gasteiger partial charge in [0.05, 0.1) is 41.0 Å². The van der Waals surface area contributed by atoms with Crippen molar-refractivity contribution in [2.45, 2.75) is 19.3 Å². The van der Waals surface area contributed by atoms with Gasteiger partial charge >= 0.3 is 0 Å². The zero-order valence-corrected chi connectivity index (χ0v) is 25.0. The topological polar surface area (TPSA) is 131 Å². The van der Waals surface area contributed by atoms with Crippen LogP contribution in [0.2, 0.25) is 0 Å². The summed E-state index contributed by atoms with van der Waals surface area (Å²) in [7, 11) is 9.18. The lowest BCUT2D eigenvalue weighted by Crippen LogP contribution is -2.29. The van der Waals surface area contributed by atoms with Crippen LogP contribution in [0.5, 0.6) is 5.75 Å². The second-order valence-corrected chi connectivity index (χ2v) is 11.3. The highest BCUT2D eigenvalue weighted by molar-refractivity contribution is 5.78. The summed E-state index contributed by atoms with van der Waals surface area (Å²) in [4.78, 5) is 31.6. The summed E-state index contributed by atoms with van der Waals surface area (Å²) in [5.74, 6) is 1.63. The molecule has 0 saturated heterocycles. The lowest BCUT2D eigenvalue weighted by Gasteiger charge is -2.23. The van der Waals surface area contributed by atoms with Crippen molar-refractivity contribution in [3.8, 4) is 17.0 Å². The molecule has 1 aliphatic rings. The minimum absolute atomic E-state index is 0.0282. The van der Waals surface area contributed by atoms with Crippen LogP contribution in [0.1, 0.15) is 19.5 Å². The van der Waals surface area contributed by atoms with Gasteiger partial charge in [0.25, 0.3) is 5.69 Å². The van der Waals surface area contributed by atoms with Crippen molar-refractivity contribution in [2.24, 2.45) is 7.05 Å². The molecular formula is C29H36N10O3. The number of hydrogen-bond donors (Lipinski definition) is 1. The van der Waals surface area contributed by atoms with E-state index < -0.39 is 0 Å². The molecule has 220 valence electrons. The molecule has 13 heteroatoms. The van der Waals surface area contributed by atoms with Crippen LogP contribution in [0.4, 0.5) is 34.4 Å². The van der Waals surface area contributed by atoms with Gasteiger partial charge in [0.1, 0.15) is 29.4 Å². The van der Waals surface area contributed by atoms with Gasteiger partial charge in [0, 0.05) is 69.1 Å². The predicted molar refractivity (Wildman–Crippen MR) is 163 cm³/mol. The van der Waals surface area contributed by atoms with Crippen LogP contribution in [-0.2, 0) is 12.5 Å². The number of aryl methyl sites for hydroxylation is 1. The van der Waals surface area contributed by atoms with E-state index in [0.717, 1.165) is 29.2 Å². The molecule has 0 spiro atoms. The Kier molecular flexibility index (Phi) is 7.69. The highest BCUT2D eigenvalue weighted by atomic mass is 16.6. The van der Waals surface area contributed by atoms with E-state index in [9.17, 15) is 10.1 Å². The molecule has 0 atom stereocenters. The van der Waals surface area contributed by atoms with E-state index in [2.05, 4.69) is 45.2 Å². The third-order valence-electron chi connectivity index (χ3n) is 7.34. The Morgan fingerprint density at radius 2 is 1.93 bits per heavy atom. The van der Waals surface area contributed by atoms with Gasteiger partial charge in [-0.3, -0.25) is 14.8 Å². The largest absolute Gasteiger partial charge is 0.494 e. The van der Waals surface area contributed by atoms with Gasteiger partial charge in [-0.2, -0.15) is 5.10 Å². The first-order valence-corrected chi connectivity index (χ1v) is 13.6. The molecule has 0 aliphatic carbocycles. The molecule has 0 bridgehead atoms. The monoisotopic (exact) mass is 572 g/mol. The molecule has 0 radical (unpaired) electrons. The minimum Gasteiger partial charge on any atom is -0.494 e. The standard InChI is InChI=1S/C29H36N10O3/c1-29(2)17-38(22-9-8-20(34-28(22)29)19-15-32-37(6)16-19)27-14-26(30-18-31-27)33-21-12-24(39(40)41)23(13-25(21)42-7)36(5)11-10-35(3)4/h8-9,12-16,18H,10-11,17H2,1-7H3,(H,30,31,33). The van der Waals surface area contributed by atoms with Gasteiger partial charge in [-0.05, 0) is 26.2 Å². The Morgan fingerprint density at radius 3 is 2.60 bits per heavy atom. The van der Waals surface area contributed by atoms with Gasteiger partial charge in [-0.15, -0.1) is 0 Å². The molecule has 4 heterocycles. The number of aromatic nitrogens is 5. The molecule has 1 aliphatic heterocycles. The molecule has 42 heavy (non-hydrogen) atoms. The summed E-state index contributed by atoms with van der Waals surface area (Å²) >= 11 is 0. The minimum atomic E-state index is -0.381. The number of methoxy groups -OCH3 is 1. The zero-order valence-electron chi connectivity index (χ0n) is 25.0. The summed E-state index contributed by atoms with van der Waals surface area (Å²) < 4.78 is 7.39. The normalized spacial score (nSPS) is 13.8. The van der Waals surface area contributed by atoms with E-state index >= 15 is 0 Å². The summed E-state index contributed by atoms with van der Waals surface area (Å²) in [6, 6.07) is 9.05. The second kappa shape index (κ2) is 11.2. The highest BCUT2D eigenvalue weighted by Crippen LogP contribution is 2.44.